The second-order valence-corrected chi connectivity index (χ2v) is 6.71. The van der Waals surface area contributed by atoms with E-state index in [9.17, 15) is 9.90 Å². The Morgan fingerprint density at radius 3 is 2.35 bits per heavy atom. The number of carbonyl (C=O) groups excluding carboxylic acids is 1. The number of amides is 1. The highest BCUT2D eigenvalue weighted by Gasteiger charge is 2.39. The Labute approximate surface area is 122 Å². The van der Waals surface area contributed by atoms with Gasteiger partial charge in [-0.05, 0) is 25.7 Å². The van der Waals surface area contributed by atoms with E-state index in [1.54, 1.807) is 0 Å². The van der Waals surface area contributed by atoms with Crippen LogP contribution in [0.2, 0.25) is 0 Å². The first-order chi connectivity index (χ1) is 9.72. The zero-order chi connectivity index (χ0) is 14.4. The zero-order valence-electron chi connectivity index (χ0n) is 12.6. The first-order valence-electron chi connectivity index (χ1n) is 8.34. The lowest BCUT2D eigenvalue weighted by Gasteiger charge is -2.36. The molecule has 2 saturated carbocycles. The summed E-state index contributed by atoms with van der Waals surface area (Å²) in [4.78, 5) is 12.8. The third-order valence-electron chi connectivity index (χ3n) is 5.39. The Morgan fingerprint density at radius 1 is 1.10 bits per heavy atom. The molecule has 0 aromatic heterocycles. The van der Waals surface area contributed by atoms with Crippen LogP contribution in [0.15, 0.2) is 0 Å². The fourth-order valence-corrected chi connectivity index (χ4v) is 3.87. The van der Waals surface area contributed by atoms with Crippen LogP contribution in [0.4, 0.5) is 0 Å². The van der Waals surface area contributed by atoms with Crippen LogP contribution < -0.4 is 11.1 Å². The van der Waals surface area contributed by atoms with Crippen molar-refractivity contribution in [2.24, 2.45) is 17.1 Å². The second kappa shape index (κ2) is 7.41. The number of hydrogen-bond acceptors (Lipinski definition) is 3. The van der Waals surface area contributed by atoms with Crippen molar-refractivity contribution in [2.45, 2.75) is 70.3 Å². The number of aliphatic hydroxyl groups is 1. The maximum atomic E-state index is 12.8. The molecule has 0 aromatic rings. The maximum absolute atomic E-state index is 12.8. The molecule has 2 unspecified atom stereocenters. The fraction of sp³-hybridized carbons (Fsp3) is 0.938. The minimum atomic E-state index is -0.353. The van der Waals surface area contributed by atoms with Crippen LogP contribution in [-0.2, 0) is 4.79 Å². The van der Waals surface area contributed by atoms with Crippen molar-refractivity contribution in [3.63, 3.8) is 0 Å². The molecule has 4 heteroatoms. The summed E-state index contributed by atoms with van der Waals surface area (Å²) in [7, 11) is 0. The number of aliphatic hydroxyl groups excluding tert-OH is 1. The summed E-state index contributed by atoms with van der Waals surface area (Å²) in [5, 5.41) is 12.7. The lowest BCUT2D eigenvalue weighted by Crippen LogP contribution is -2.52. The maximum Gasteiger partial charge on any atom is 0.227 e. The van der Waals surface area contributed by atoms with E-state index in [2.05, 4.69) is 5.32 Å². The first-order valence-corrected chi connectivity index (χ1v) is 8.34. The summed E-state index contributed by atoms with van der Waals surface area (Å²) >= 11 is 0. The SMILES string of the molecule is NCC1(C(=O)NC2CCCCC2CO)CCCCCC1. The smallest absolute Gasteiger partial charge is 0.227 e. The summed E-state index contributed by atoms with van der Waals surface area (Å²) in [6.45, 7) is 0.635. The van der Waals surface area contributed by atoms with Crippen LogP contribution in [0.1, 0.15) is 64.2 Å². The normalized spacial score (nSPS) is 30.5. The molecule has 1 amide bonds. The highest BCUT2D eigenvalue weighted by atomic mass is 16.3. The molecule has 2 rings (SSSR count). The Morgan fingerprint density at radius 2 is 1.75 bits per heavy atom. The van der Waals surface area contributed by atoms with Crippen molar-refractivity contribution >= 4 is 5.91 Å². The summed E-state index contributed by atoms with van der Waals surface area (Å²) in [5.41, 5.74) is 5.62. The molecule has 20 heavy (non-hydrogen) atoms. The molecule has 2 aliphatic rings. The molecule has 4 nitrogen and oxygen atoms in total. The number of nitrogens with two attached hydrogens (primary N) is 1. The van der Waals surface area contributed by atoms with Crippen LogP contribution in [0.25, 0.3) is 0 Å². The van der Waals surface area contributed by atoms with Crippen molar-refractivity contribution in [2.75, 3.05) is 13.2 Å². The van der Waals surface area contributed by atoms with Gasteiger partial charge in [0.2, 0.25) is 5.91 Å². The zero-order valence-corrected chi connectivity index (χ0v) is 12.6. The van der Waals surface area contributed by atoms with E-state index < -0.39 is 0 Å². The van der Waals surface area contributed by atoms with Gasteiger partial charge >= 0.3 is 0 Å². The Hall–Kier alpha value is -0.610. The van der Waals surface area contributed by atoms with Crippen LogP contribution in [0.5, 0.6) is 0 Å². The van der Waals surface area contributed by atoms with E-state index in [4.69, 9.17) is 5.73 Å². The lowest BCUT2D eigenvalue weighted by molar-refractivity contribution is -0.133. The topological polar surface area (TPSA) is 75.4 Å². The molecule has 0 heterocycles. The van der Waals surface area contributed by atoms with Crippen LogP contribution in [0.3, 0.4) is 0 Å². The van der Waals surface area contributed by atoms with Crippen molar-refractivity contribution in [1.82, 2.24) is 5.32 Å². The molecule has 116 valence electrons. The van der Waals surface area contributed by atoms with Crippen molar-refractivity contribution in [1.29, 1.82) is 0 Å². The third-order valence-corrected chi connectivity index (χ3v) is 5.39. The van der Waals surface area contributed by atoms with Gasteiger partial charge in [-0.3, -0.25) is 4.79 Å². The molecule has 2 fully saturated rings. The van der Waals surface area contributed by atoms with E-state index in [1.165, 1.54) is 19.3 Å². The van der Waals surface area contributed by atoms with E-state index in [0.717, 1.165) is 44.9 Å². The van der Waals surface area contributed by atoms with Gasteiger partial charge in [0, 0.05) is 25.1 Å². The van der Waals surface area contributed by atoms with Gasteiger partial charge < -0.3 is 16.2 Å². The van der Waals surface area contributed by atoms with Gasteiger partial charge in [0.05, 0.1) is 5.41 Å². The van der Waals surface area contributed by atoms with Gasteiger partial charge in [-0.15, -0.1) is 0 Å². The molecular formula is C16H30N2O2. The molecule has 0 spiro atoms. The standard InChI is InChI=1S/C16H30N2O2/c17-12-16(9-5-1-2-6-10-16)15(20)18-14-8-4-3-7-13(14)11-19/h13-14,19H,1-12,17H2,(H,18,20). The van der Waals surface area contributed by atoms with Crippen molar-refractivity contribution < 1.29 is 9.90 Å². The highest BCUT2D eigenvalue weighted by molar-refractivity contribution is 5.83. The van der Waals surface area contributed by atoms with Crippen molar-refractivity contribution in [3.8, 4) is 0 Å². The number of nitrogens with one attached hydrogen (secondary N) is 1. The molecule has 0 aliphatic heterocycles. The summed E-state index contributed by atoms with van der Waals surface area (Å²) in [6, 6.07) is 0.146. The Balaban J connectivity index is 2.00. The molecule has 0 aromatic carbocycles. The number of hydrogen-bond donors (Lipinski definition) is 3. The minimum absolute atomic E-state index is 0.146. The molecule has 0 saturated heterocycles. The quantitative estimate of drug-likeness (QED) is 0.690. The second-order valence-electron chi connectivity index (χ2n) is 6.71. The van der Waals surface area contributed by atoms with Gasteiger partial charge in [-0.25, -0.2) is 0 Å². The van der Waals surface area contributed by atoms with Gasteiger partial charge in [0.1, 0.15) is 0 Å². The Bertz CT molecular complexity index is 312. The Kier molecular flexibility index (Phi) is 5.85. The molecule has 0 radical (unpaired) electrons. The van der Waals surface area contributed by atoms with E-state index in [1.807, 2.05) is 0 Å². The molecule has 4 N–H and O–H groups in total. The molecule has 0 bridgehead atoms. The van der Waals surface area contributed by atoms with E-state index >= 15 is 0 Å². The van der Waals surface area contributed by atoms with E-state index in [-0.39, 0.29) is 29.9 Å². The lowest BCUT2D eigenvalue weighted by atomic mass is 9.78. The van der Waals surface area contributed by atoms with Crippen LogP contribution in [0, 0.1) is 11.3 Å². The molecule has 2 aliphatic carbocycles. The van der Waals surface area contributed by atoms with Crippen LogP contribution in [-0.4, -0.2) is 30.2 Å². The number of carbonyl (C=O) groups is 1. The average molecular weight is 282 g/mol. The van der Waals surface area contributed by atoms with Crippen LogP contribution >= 0.6 is 0 Å². The minimum Gasteiger partial charge on any atom is -0.396 e. The molecular weight excluding hydrogens is 252 g/mol. The average Bonchev–Trinajstić information content (AvgIpc) is 2.74. The summed E-state index contributed by atoms with van der Waals surface area (Å²) < 4.78 is 0. The molecule has 2 atom stereocenters. The number of rotatable bonds is 4. The third kappa shape index (κ3) is 3.53. The monoisotopic (exact) mass is 282 g/mol. The largest absolute Gasteiger partial charge is 0.396 e. The predicted molar refractivity (Wildman–Crippen MR) is 80.2 cm³/mol. The van der Waals surface area contributed by atoms with Gasteiger partial charge in [0.15, 0.2) is 0 Å². The summed E-state index contributed by atoms with van der Waals surface area (Å²) in [6.07, 6.45) is 10.8. The summed E-state index contributed by atoms with van der Waals surface area (Å²) in [5.74, 6) is 0.376. The predicted octanol–water partition coefficient (Wildman–Crippen LogP) is 1.95. The highest BCUT2D eigenvalue weighted by Crippen LogP contribution is 2.35. The van der Waals surface area contributed by atoms with E-state index in [0.29, 0.717) is 6.54 Å². The van der Waals surface area contributed by atoms with Crippen molar-refractivity contribution in [3.05, 3.63) is 0 Å². The first kappa shape index (κ1) is 15.8. The van der Waals surface area contributed by atoms with Gasteiger partial charge in [-0.1, -0.05) is 38.5 Å². The fourth-order valence-electron chi connectivity index (χ4n) is 3.87. The van der Waals surface area contributed by atoms with Gasteiger partial charge in [0.25, 0.3) is 0 Å². The van der Waals surface area contributed by atoms with Gasteiger partial charge in [-0.2, -0.15) is 0 Å².